The van der Waals surface area contributed by atoms with Gasteiger partial charge in [0.15, 0.2) is 0 Å². The maximum Gasteiger partial charge on any atom is 0.119 e. The maximum atomic E-state index is 5.79. The van der Waals surface area contributed by atoms with Gasteiger partial charge in [0.05, 0.1) is 0 Å². The Morgan fingerprint density at radius 3 is 1.85 bits per heavy atom. The van der Waals surface area contributed by atoms with Crippen LogP contribution in [0.15, 0.2) is 60.7 Å². The summed E-state index contributed by atoms with van der Waals surface area (Å²) in [5, 5.41) is 0. The number of benzene rings is 2. The second-order valence-electron chi connectivity index (χ2n) is 6.43. The fraction of sp³-hybridized carbons (Fsp3) is 0.429. The highest BCUT2D eigenvalue weighted by atomic mass is 35.5. The SMILES string of the molecule is Cl.Cl.c1ccc(CCCN2CCN(CCOc3ccccc3)CC2)cc1. The van der Waals surface area contributed by atoms with Gasteiger partial charge in [-0.15, -0.1) is 24.8 Å². The number of rotatable bonds is 8. The minimum Gasteiger partial charge on any atom is -0.492 e. The highest BCUT2D eigenvalue weighted by molar-refractivity contribution is 5.85. The molecule has 1 aliphatic heterocycles. The van der Waals surface area contributed by atoms with Crippen molar-refractivity contribution < 1.29 is 4.74 Å². The van der Waals surface area contributed by atoms with Gasteiger partial charge >= 0.3 is 0 Å². The molecule has 0 N–H and O–H groups in total. The minimum absolute atomic E-state index is 0. The summed E-state index contributed by atoms with van der Waals surface area (Å²) < 4.78 is 5.79. The van der Waals surface area contributed by atoms with Crippen LogP contribution in [0, 0.1) is 0 Å². The molecule has 0 spiro atoms. The van der Waals surface area contributed by atoms with Crippen molar-refractivity contribution in [2.24, 2.45) is 0 Å². The molecule has 1 heterocycles. The van der Waals surface area contributed by atoms with Gasteiger partial charge in [0.2, 0.25) is 0 Å². The van der Waals surface area contributed by atoms with Crippen molar-refractivity contribution in [2.75, 3.05) is 45.9 Å². The molecule has 144 valence electrons. The Hall–Kier alpha value is -1.26. The van der Waals surface area contributed by atoms with Crippen molar-refractivity contribution in [2.45, 2.75) is 12.8 Å². The summed E-state index contributed by atoms with van der Waals surface area (Å²) in [4.78, 5) is 5.11. The fourth-order valence-electron chi connectivity index (χ4n) is 3.20. The van der Waals surface area contributed by atoms with Gasteiger partial charge in [-0.25, -0.2) is 0 Å². The molecule has 0 aromatic heterocycles. The van der Waals surface area contributed by atoms with E-state index in [-0.39, 0.29) is 24.8 Å². The predicted octanol–water partition coefficient (Wildman–Crippen LogP) is 4.16. The normalized spacial score (nSPS) is 14.9. The number of para-hydroxylation sites is 1. The van der Waals surface area contributed by atoms with Crippen molar-refractivity contribution in [3.05, 3.63) is 66.2 Å². The van der Waals surface area contributed by atoms with Gasteiger partial charge < -0.3 is 9.64 Å². The Bertz CT molecular complexity index is 522. The first kappa shape index (κ1) is 22.8. The van der Waals surface area contributed by atoms with E-state index >= 15 is 0 Å². The number of hydrogen-bond acceptors (Lipinski definition) is 3. The van der Waals surface area contributed by atoms with Crippen LogP contribution >= 0.6 is 24.8 Å². The van der Waals surface area contributed by atoms with Crippen molar-refractivity contribution in [1.29, 1.82) is 0 Å². The van der Waals surface area contributed by atoms with Crippen LogP contribution in [0.4, 0.5) is 0 Å². The number of piperazine rings is 1. The topological polar surface area (TPSA) is 15.7 Å². The van der Waals surface area contributed by atoms with Gasteiger partial charge in [-0.3, -0.25) is 4.90 Å². The largest absolute Gasteiger partial charge is 0.492 e. The standard InChI is InChI=1S/C21H28N2O.2ClH/c1-3-8-20(9-4-1)10-7-13-22-14-16-23(17-15-22)18-19-24-21-11-5-2-6-12-21;;/h1-6,8-9,11-12H,7,10,13-19H2;2*1H. The molecule has 1 fully saturated rings. The van der Waals surface area contributed by atoms with E-state index in [9.17, 15) is 0 Å². The predicted molar refractivity (Wildman–Crippen MR) is 114 cm³/mol. The molecular weight excluding hydrogens is 367 g/mol. The third-order valence-corrected chi connectivity index (χ3v) is 4.67. The first-order chi connectivity index (χ1) is 11.9. The Morgan fingerprint density at radius 1 is 0.692 bits per heavy atom. The van der Waals surface area contributed by atoms with Gasteiger partial charge in [0.1, 0.15) is 12.4 Å². The van der Waals surface area contributed by atoms with Crippen LogP contribution in [0.5, 0.6) is 5.75 Å². The lowest BCUT2D eigenvalue weighted by Crippen LogP contribution is -2.47. The second kappa shape index (κ2) is 13.0. The molecule has 1 aliphatic rings. The van der Waals surface area contributed by atoms with Gasteiger partial charge in [-0.05, 0) is 37.1 Å². The molecule has 2 aromatic rings. The van der Waals surface area contributed by atoms with Crippen LogP contribution in [-0.2, 0) is 6.42 Å². The summed E-state index contributed by atoms with van der Waals surface area (Å²) >= 11 is 0. The van der Waals surface area contributed by atoms with Gasteiger partial charge in [0, 0.05) is 32.7 Å². The maximum absolute atomic E-state index is 5.79. The van der Waals surface area contributed by atoms with E-state index in [0.717, 1.165) is 32.0 Å². The first-order valence-corrected chi connectivity index (χ1v) is 9.07. The number of nitrogens with zero attached hydrogens (tertiary/aromatic N) is 2. The lowest BCUT2D eigenvalue weighted by Gasteiger charge is -2.34. The first-order valence-electron chi connectivity index (χ1n) is 9.07. The number of hydrogen-bond donors (Lipinski definition) is 0. The Balaban J connectivity index is 0.00000169. The van der Waals surface area contributed by atoms with E-state index in [0.29, 0.717) is 0 Å². The summed E-state index contributed by atoms with van der Waals surface area (Å²) in [6.07, 6.45) is 2.44. The molecule has 0 saturated carbocycles. The van der Waals surface area contributed by atoms with Gasteiger partial charge in [-0.2, -0.15) is 0 Å². The summed E-state index contributed by atoms with van der Waals surface area (Å²) in [5.41, 5.74) is 1.45. The minimum atomic E-state index is 0. The second-order valence-corrected chi connectivity index (χ2v) is 6.43. The zero-order valence-corrected chi connectivity index (χ0v) is 16.9. The van der Waals surface area contributed by atoms with E-state index in [4.69, 9.17) is 4.74 Å². The molecule has 0 radical (unpaired) electrons. The average molecular weight is 397 g/mol. The lowest BCUT2D eigenvalue weighted by molar-refractivity contribution is 0.116. The molecule has 26 heavy (non-hydrogen) atoms. The molecule has 1 saturated heterocycles. The summed E-state index contributed by atoms with van der Waals surface area (Å²) in [5.74, 6) is 0.969. The Kier molecular flexibility index (Phi) is 11.4. The van der Waals surface area contributed by atoms with E-state index in [1.807, 2.05) is 30.3 Å². The lowest BCUT2D eigenvalue weighted by atomic mass is 10.1. The van der Waals surface area contributed by atoms with Crippen molar-refractivity contribution in [3.63, 3.8) is 0 Å². The quantitative estimate of drug-likeness (QED) is 0.665. The monoisotopic (exact) mass is 396 g/mol. The number of halogens is 2. The van der Waals surface area contributed by atoms with E-state index < -0.39 is 0 Å². The smallest absolute Gasteiger partial charge is 0.119 e. The van der Waals surface area contributed by atoms with Crippen LogP contribution in [0.3, 0.4) is 0 Å². The fourth-order valence-corrected chi connectivity index (χ4v) is 3.20. The van der Waals surface area contributed by atoms with Crippen molar-refractivity contribution in [3.8, 4) is 5.75 Å². The molecule has 0 atom stereocenters. The average Bonchev–Trinajstić information content (AvgIpc) is 2.65. The molecule has 0 aliphatic carbocycles. The Labute approximate surface area is 170 Å². The number of ether oxygens (including phenoxy) is 1. The highest BCUT2D eigenvalue weighted by Crippen LogP contribution is 2.09. The zero-order chi connectivity index (χ0) is 16.5. The summed E-state index contributed by atoms with van der Waals surface area (Å²) in [6.45, 7) is 7.68. The molecule has 3 rings (SSSR count). The third-order valence-electron chi connectivity index (χ3n) is 4.67. The van der Waals surface area contributed by atoms with Crippen LogP contribution in [-0.4, -0.2) is 55.7 Å². The summed E-state index contributed by atoms with van der Waals surface area (Å²) in [6, 6.07) is 20.9. The van der Waals surface area contributed by atoms with Crippen LogP contribution < -0.4 is 4.74 Å². The van der Waals surface area contributed by atoms with Gasteiger partial charge in [0.25, 0.3) is 0 Å². The van der Waals surface area contributed by atoms with Crippen molar-refractivity contribution >= 4 is 24.8 Å². The molecular formula is C21H30Cl2N2O. The Morgan fingerprint density at radius 2 is 1.23 bits per heavy atom. The number of aryl methyl sites for hydroxylation is 1. The van der Waals surface area contributed by atoms with Crippen molar-refractivity contribution in [1.82, 2.24) is 9.80 Å². The van der Waals surface area contributed by atoms with Crippen LogP contribution in [0.1, 0.15) is 12.0 Å². The highest BCUT2D eigenvalue weighted by Gasteiger charge is 2.16. The van der Waals surface area contributed by atoms with Gasteiger partial charge in [-0.1, -0.05) is 48.5 Å². The molecule has 2 aromatic carbocycles. The molecule has 5 heteroatoms. The molecule has 0 unspecified atom stereocenters. The molecule has 3 nitrogen and oxygen atoms in total. The van der Waals surface area contributed by atoms with Crippen LogP contribution in [0.2, 0.25) is 0 Å². The zero-order valence-electron chi connectivity index (χ0n) is 15.3. The molecule has 0 bridgehead atoms. The third kappa shape index (κ3) is 7.96. The van der Waals surface area contributed by atoms with E-state index in [1.165, 1.54) is 38.0 Å². The summed E-state index contributed by atoms with van der Waals surface area (Å²) in [7, 11) is 0. The van der Waals surface area contributed by atoms with Crippen LogP contribution in [0.25, 0.3) is 0 Å². The molecule has 0 amide bonds. The van der Waals surface area contributed by atoms with E-state index in [2.05, 4.69) is 40.1 Å². The van der Waals surface area contributed by atoms with E-state index in [1.54, 1.807) is 0 Å².